The van der Waals surface area contributed by atoms with E-state index < -0.39 is 28.9 Å². The minimum absolute atomic E-state index is 0.343. The van der Waals surface area contributed by atoms with Crippen molar-refractivity contribution in [1.82, 2.24) is 0 Å². The van der Waals surface area contributed by atoms with E-state index in [0.717, 1.165) is 30.2 Å². The highest BCUT2D eigenvalue weighted by molar-refractivity contribution is 6.06. The summed E-state index contributed by atoms with van der Waals surface area (Å²) in [7, 11) is 0. The van der Waals surface area contributed by atoms with Crippen LogP contribution in [0.15, 0.2) is 42.5 Å². The van der Waals surface area contributed by atoms with Gasteiger partial charge in [-0.15, -0.1) is 0 Å². The van der Waals surface area contributed by atoms with Crippen LogP contribution < -0.4 is 10.1 Å². The van der Waals surface area contributed by atoms with Crippen molar-refractivity contribution in [1.29, 1.82) is 0 Å². The summed E-state index contributed by atoms with van der Waals surface area (Å²) in [6.45, 7) is -1.17. The Morgan fingerprint density at radius 2 is 1.92 bits per heavy atom. The molecule has 0 aliphatic carbocycles. The number of rotatable bonds is 6. The van der Waals surface area contributed by atoms with Crippen molar-refractivity contribution in [2.75, 3.05) is 5.32 Å². The molecule has 126 valence electrons. The molecule has 8 heteroatoms. The lowest BCUT2D eigenvalue weighted by Crippen LogP contribution is -2.15. The van der Waals surface area contributed by atoms with Gasteiger partial charge >= 0.3 is 6.61 Å². The van der Waals surface area contributed by atoms with E-state index in [2.05, 4.69) is 10.1 Å². The number of hydrogen-bond donors (Lipinski definition) is 1. The SMILES string of the molecule is CCc1ccc(NC(=O)c2cc([N+](=O)[O-])ccc2OC(F)F)cc1. The van der Waals surface area contributed by atoms with Crippen molar-refractivity contribution in [2.24, 2.45) is 0 Å². The number of amides is 1. The molecule has 0 aliphatic heterocycles. The molecule has 0 fully saturated rings. The van der Waals surface area contributed by atoms with Gasteiger partial charge in [0.05, 0.1) is 10.5 Å². The standard InChI is InChI=1S/C16H14F2N2O4/c1-2-10-3-5-11(6-4-10)19-15(21)13-9-12(20(22)23)7-8-14(13)24-16(17)18/h3-9,16H,2H2,1H3,(H,19,21). The van der Waals surface area contributed by atoms with E-state index in [0.29, 0.717) is 5.69 Å². The first-order valence-electron chi connectivity index (χ1n) is 7.04. The Kier molecular flexibility index (Phi) is 5.41. The normalized spacial score (nSPS) is 10.5. The average Bonchev–Trinajstić information content (AvgIpc) is 2.55. The summed E-state index contributed by atoms with van der Waals surface area (Å²) in [4.78, 5) is 22.4. The van der Waals surface area contributed by atoms with Crippen molar-refractivity contribution in [3.63, 3.8) is 0 Å². The van der Waals surface area contributed by atoms with Crippen LogP contribution in [0, 0.1) is 10.1 Å². The van der Waals surface area contributed by atoms with E-state index in [4.69, 9.17) is 0 Å². The molecule has 0 spiro atoms. The average molecular weight is 336 g/mol. The molecule has 1 N–H and O–H groups in total. The molecule has 2 rings (SSSR count). The monoisotopic (exact) mass is 336 g/mol. The van der Waals surface area contributed by atoms with Gasteiger partial charge < -0.3 is 10.1 Å². The molecule has 0 radical (unpaired) electrons. The van der Waals surface area contributed by atoms with E-state index in [1.165, 1.54) is 0 Å². The van der Waals surface area contributed by atoms with E-state index in [-0.39, 0.29) is 5.56 Å². The first-order valence-corrected chi connectivity index (χ1v) is 7.04. The zero-order valence-corrected chi connectivity index (χ0v) is 12.7. The Morgan fingerprint density at radius 3 is 2.46 bits per heavy atom. The molecule has 0 aromatic heterocycles. The van der Waals surface area contributed by atoms with Crippen molar-refractivity contribution < 1.29 is 23.2 Å². The van der Waals surface area contributed by atoms with Gasteiger partial charge in [-0.2, -0.15) is 8.78 Å². The lowest BCUT2D eigenvalue weighted by atomic mass is 10.1. The maximum absolute atomic E-state index is 12.4. The summed E-state index contributed by atoms with van der Waals surface area (Å²) in [6, 6.07) is 9.78. The van der Waals surface area contributed by atoms with Gasteiger partial charge in [-0.05, 0) is 30.2 Å². The number of nitrogens with one attached hydrogen (secondary N) is 1. The molecule has 0 bridgehead atoms. The smallest absolute Gasteiger partial charge is 0.387 e. The van der Waals surface area contributed by atoms with Gasteiger partial charge in [0.1, 0.15) is 5.75 Å². The Morgan fingerprint density at radius 1 is 1.25 bits per heavy atom. The summed E-state index contributed by atoms with van der Waals surface area (Å²) in [6.07, 6.45) is 0.825. The largest absolute Gasteiger partial charge is 0.434 e. The summed E-state index contributed by atoms with van der Waals surface area (Å²) in [5, 5.41) is 13.3. The number of anilines is 1. The Hall–Kier alpha value is -3.03. The van der Waals surface area contributed by atoms with Crippen molar-refractivity contribution in [3.8, 4) is 5.75 Å². The molecule has 0 heterocycles. The topological polar surface area (TPSA) is 81.5 Å². The number of non-ortho nitro benzene ring substituents is 1. The van der Waals surface area contributed by atoms with Crippen molar-refractivity contribution >= 4 is 17.3 Å². The second-order valence-electron chi connectivity index (χ2n) is 4.82. The second kappa shape index (κ2) is 7.49. The third-order valence-corrected chi connectivity index (χ3v) is 3.25. The van der Waals surface area contributed by atoms with Crippen LogP contribution in [0.25, 0.3) is 0 Å². The lowest BCUT2D eigenvalue weighted by Gasteiger charge is -2.11. The van der Waals surface area contributed by atoms with Gasteiger partial charge in [0.2, 0.25) is 0 Å². The fraction of sp³-hybridized carbons (Fsp3) is 0.188. The fourth-order valence-corrected chi connectivity index (χ4v) is 2.03. The molecule has 1 amide bonds. The fourth-order valence-electron chi connectivity index (χ4n) is 2.03. The number of hydrogen-bond acceptors (Lipinski definition) is 4. The van der Waals surface area contributed by atoms with Gasteiger partial charge in [0, 0.05) is 17.8 Å². The molecule has 0 saturated heterocycles. The molecule has 0 unspecified atom stereocenters. The molecule has 0 saturated carbocycles. The number of nitro benzene ring substituents is 1. The number of carbonyl (C=O) groups excluding carboxylic acids is 1. The number of benzene rings is 2. The zero-order valence-electron chi connectivity index (χ0n) is 12.7. The maximum atomic E-state index is 12.4. The zero-order chi connectivity index (χ0) is 17.7. The van der Waals surface area contributed by atoms with Gasteiger partial charge in [-0.3, -0.25) is 14.9 Å². The Bertz CT molecular complexity index is 748. The highest BCUT2D eigenvalue weighted by Gasteiger charge is 2.20. The minimum Gasteiger partial charge on any atom is -0.434 e. The number of ether oxygens (including phenoxy) is 1. The van der Waals surface area contributed by atoms with Crippen LogP contribution in [-0.4, -0.2) is 17.4 Å². The quantitative estimate of drug-likeness (QED) is 0.638. The van der Waals surface area contributed by atoms with Crippen LogP contribution in [0.5, 0.6) is 5.75 Å². The summed E-state index contributed by atoms with van der Waals surface area (Å²) >= 11 is 0. The van der Waals surface area contributed by atoms with E-state index in [1.54, 1.807) is 24.3 Å². The third-order valence-electron chi connectivity index (χ3n) is 3.25. The Labute approximate surface area is 136 Å². The molecule has 24 heavy (non-hydrogen) atoms. The number of nitrogens with zero attached hydrogens (tertiary/aromatic N) is 1. The number of alkyl halides is 2. The number of halogens is 2. The molecule has 0 atom stereocenters. The van der Waals surface area contributed by atoms with Gasteiger partial charge in [-0.25, -0.2) is 0 Å². The van der Waals surface area contributed by atoms with Crippen molar-refractivity contribution in [2.45, 2.75) is 20.0 Å². The maximum Gasteiger partial charge on any atom is 0.387 e. The number of carbonyl (C=O) groups is 1. The predicted octanol–water partition coefficient (Wildman–Crippen LogP) is 4.01. The summed E-state index contributed by atoms with van der Waals surface area (Å²) in [5.41, 5.74) is 0.754. The first-order chi connectivity index (χ1) is 11.4. The van der Waals surface area contributed by atoms with Crippen LogP contribution in [0.2, 0.25) is 0 Å². The van der Waals surface area contributed by atoms with Crippen molar-refractivity contribution in [3.05, 3.63) is 63.7 Å². The minimum atomic E-state index is -3.15. The highest BCUT2D eigenvalue weighted by Crippen LogP contribution is 2.26. The third kappa shape index (κ3) is 4.25. The molecule has 2 aromatic rings. The molecule has 6 nitrogen and oxygen atoms in total. The van der Waals surface area contributed by atoms with Crippen LogP contribution in [0.1, 0.15) is 22.8 Å². The molecule has 2 aromatic carbocycles. The summed E-state index contributed by atoms with van der Waals surface area (Å²) < 4.78 is 29.1. The van der Waals surface area contributed by atoms with Crippen LogP contribution in [0.3, 0.4) is 0 Å². The van der Waals surface area contributed by atoms with Crippen LogP contribution >= 0.6 is 0 Å². The predicted molar refractivity (Wildman–Crippen MR) is 83.5 cm³/mol. The van der Waals surface area contributed by atoms with Gasteiger partial charge in [0.15, 0.2) is 0 Å². The van der Waals surface area contributed by atoms with Gasteiger partial charge in [0.25, 0.3) is 11.6 Å². The number of aryl methyl sites for hydroxylation is 1. The lowest BCUT2D eigenvalue weighted by molar-refractivity contribution is -0.384. The first kappa shape index (κ1) is 17.3. The van der Waals surface area contributed by atoms with Gasteiger partial charge in [-0.1, -0.05) is 19.1 Å². The highest BCUT2D eigenvalue weighted by atomic mass is 19.3. The number of nitro groups is 1. The van der Waals surface area contributed by atoms with Crippen LogP contribution in [0.4, 0.5) is 20.2 Å². The molecule has 0 aliphatic rings. The molecular formula is C16H14F2N2O4. The van der Waals surface area contributed by atoms with E-state index >= 15 is 0 Å². The summed E-state index contributed by atoms with van der Waals surface area (Å²) in [5.74, 6) is -1.21. The van der Waals surface area contributed by atoms with Crippen LogP contribution in [-0.2, 0) is 6.42 Å². The second-order valence-corrected chi connectivity index (χ2v) is 4.82. The van der Waals surface area contributed by atoms with E-state index in [1.807, 2.05) is 6.92 Å². The van der Waals surface area contributed by atoms with E-state index in [9.17, 15) is 23.7 Å². The molecular weight excluding hydrogens is 322 g/mol. The Balaban J connectivity index is 2.30.